The molecule has 190 valence electrons. The number of rotatable bonds is 7. The van der Waals surface area contributed by atoms with E-state index in [1.807, 2.05) is 4.90 Å². The first-order valence-corrected chi connectivity index (χ1v) is 13.9. The second kappa shape index (κ2) is 10.4. The number of halogens is 1. The number of carbonyl (C=O) groups excluding carboxylic acids is 2. The van der Waals surface area contributed by atoms with E-state index >= 15 is 0 Å². The fourth-order valence-electron chi connectivity index (χ4n) is 5.23. The van der Waals surface area contributed by atoms with Crippen LogP contribution < -0.4 is 5.73 Å². The molecule has 10 heteroatoms. The van der Waals surface area contributed by atoms with Gasteiger partial charge in [0.15, 0.2) is 0 Å². The summed E-state index contributed by atoms with van der Waals surface area (Å²) in [6.45, 7) is 6.19. The molecule has 2 aliphatic rings. The van der Waals surface area contributed by atoms with Gasteiger partial charge >= 0.3 is 0 Å². The van der Waals surface area contributed by atoms with E-state index in [4.69, 9.17) is 17.3 Å². The quantitative estimate of drug-likeness (QED) is 0.604. The van der Waals surface area contributed by atoms with E-state index in [9.17, 15) is 18.0 Å². The number of amides is 2. The maximum absolute atomic E-state index is 13.7. The van der Waals surface area contributed by atoms with Crippen molar-refractivity contribution in [1.29, 1.82) is 0 Å². The molecule has 0 aliphatic carbocycles. The molecule has 0 spiro atoms. The number of primary amides is 1. The summed E-state index contributed by atoms with van der Waals surface area (Å²) in [6.07, 6.45) is 2.73. The zero-order valence-electron chi connectivity index (χ0n) is 20.2. The number of nitrogens with two attached hydrogens (primary N) is 1. The van der Waals surface area contributed by atoms with Gasteiger partial charge in [-0.1, -0.05) is 23.7 Å². The van der Waals surface area contributed by atoms with Crippen LogP contribution in [-0.2, 0) is 19.6 Å². The summed E-state index contributed by atoms with van der Waals surface area (Å²) < 4.78 is 28.5. The average molecular weight is 521 g/mol. The van der Waals surface area contributed by atoms with Gasteiger partial charge < -0.3 is 15.5 Å². The summed E-state index contributed by atoms with van der Waals surface area (Å²) in [6, 6.07) is 9.45. The molecule has 2 amide bonds. The molecule has 2 aromatic rings. The number of hydrogen-bond acceptors (Lipinski definition) is 5. The molecule has 2 N–H and O–H groups in total. The Kier molecular flexibility index (Phi) is 7.71. The standard InChI is InChI=1S/C25H33ClN4O4S/c1-17(2)28-12-9-21(10-13-28)29-11-3-4-23(25(29)32)30(16-24(27)31)35(33,34)22-8-6-18-14-20(26)7-5-19(18)15-22/h5-8,14-15,17,21,23H,3-4,9-13,16H2,1-2H3,(H2,27,31)/t23-/m0/s1. The molecule has 2 aromatic carbocycles. The number of hydrogen-bond donors (Lipinski definition) is 1. The Morgan fingerprint density at radius 3 is 2.40 bits per heavy atom. The Balaban J connectivity index is 1.61. The fourth-order valence-corrected chi connectivity index (χ4v) is 7.03. The van der Waals surface area contributed by atoms with Gasteiger partial charge in [0.2, 0.25) is 21.8 Å². The highest BCUT2D eigenvalue weighted by atomic mass is 35.5. The van der Waals surface area contributed by atoms with E-state index < -0.39 is 28.5 Å². The largest absolute Gasteiger partial charge is 0.369 e. The summed E-state index contributed by atoms with van der Waals surface area (Å²) in [4.78, 5) is 29.8. The third-order valence-electron chi connectivity index (χ3n) is 7.15. The molecule has 4 rings (SSSR count). The summed E-state index contributed by atoms with van der Waals surface area (Å²) in [5.41, 5.74) is 5.46. The first kappa shape index (κ1) is 25.9. The predicted molar refractivity (Wildman–Crippen MR) is 137 cm³/mol. The molecule has 0 radical (unpaired) electrons. The van der Waals surface area contributed by atoms with Crippen LogP contribution in [0.25, 0.3) is 10.8 Å². The van der Waals surface area contributed by atoms with Crippen molar-refractivity contribution >= 4 is 44.2 Å². The van der Waals surface area contributed by atoms with Crippen LogP contribution in [0.3, 0.4) is 0 Å². The Hall–Kier alpha value is -2.20. The molecule has 0 bridgehead atoms. The van der Waals surface area contributed by atoms with Crippen molar-refractivity contribution < 1.29 is 18.0 Å². The van der Waals surface area contributed by atoms with E-state index in [1.54, 1.807) is 30.3 Å². The van der Waals surface area contributed by atoms with E-state index in [0.717, 1.165) is 35.6 Å². The van der Waals surface area contributed by atoms with E-state index in [1.165, 1.54) is 6.07 Å². The van der Waals surface area contributed by atoms with Gasteiger partial charge in [0.1, 0.15) is 6.04 Å². The molecule has 1 atom stereocenters. The van der Waals surface area contributed by atoms with Crippen LogP contribution >= 0.6 is 11.6 Å². The Labute approximate surface area is 212 Å². The summed E-state index contributed by atoms with van der Waals surface area (Å²) in [5, 5.41) is 2.05. The minimum atomic E-state index is -4.16. The van der Waals surface area contributed by atoms with Crippen molar-refractivity contribution in [2.75, 3.05) is 26.2 Å². The maximum Gasteiger partial charge on any atom is 0.244 e. The van der Waals surface area contributed by atoms with Crippen molar-refractivity contribution in [3.8, 4) is 0 Å². The number of likely N-dealkylation sites (tertiary alicyclic amines) is 2. The molecule has 0 aromatic heterocycles. The van der Waals surface area contributed by atoms with Crippen molar-refractivity contribution in [1.82, 2.24) is 14.1 Å². The van der Waals surface area contributed by atoms with Crippen LogP contribution in [0.1, 0.15) is 39.5 Å². The summed E-state index contributed by atoms with van der Waals surface area (Å²) >= 11 is 6.05. The second-order valence-corrected chi connectivity index (χ2v) is 12.0. The number of benzene rings is 2. The Morgan fingerprint density at radius 1 is 1.09 bits per heavy atom. The van der Waals surface area contributed by atoms with Crippen molar-refractivity contribution in [3.63, 3.8) is 0 Å². The van der Waals surface area contributed by atoms with Crippen LogP contribution in [0.5, 0.6) is 0 Å². The van der Waals surface area contributed by atoms with Gasteiger partial charge in [0.25, 0.3) is 0 Å². The lowest BCUT2D eigenvalue weighted by molar-refractivity contribution is -0.142. The highest BCUT2D eigenvalue weighted by Crippen LogP contribution is 2.30. The van der Waals surface area contributed by atoms with Gasteiger partial charge in [-0.15, -0.1) is 0 Å². The number of carbonyl (C=O) groups is 2. The lowest BCUT2D eigenvalue weighted by Crippen LogP contribution is -2.59. The van der Waals surface area contributed by atoms with Crippen molar-refractivity contribution in [2.24, 2.45) is 5.73 Å². The van der Waals surface area contributed by atoms with Crippen LogP contribution in [-0.4, -0.2) is 78.6 Å². The maximum atomic E-state index is 13.7. The number of nitrogens with zero attached hydrogens (tertiary/aromatic N) is 3. The molecule has 35 heavy (non-hydrogen) atoms. The highest BCUT2D eigenvalue weighted by Gasteiger charge is 2.43. The molecule has 0 unspecified atom stereocenters. The number of sulfonamides is 1. The van der Waals surface area contributed by atoms with Gasteiger partial charge in [0.05, 0.1) is 11.4 Å². The summed E-state index contributed by atoms with van der Waals surface area (Å²) in [5.74, 6) is -1.03. The number of piperidine rings is 2. The SMILES string of the molecule is CC(C)N1CCC(N2CCC[C@H](N(CC(N)=O)S(=O)(=O)c3ccc4cc(Cl)ccc4c3)C2=O)CC1. The van der Waals surface area contributed by atoms with Gasteiger partial charge in [0, 0.05) is 36.7 Å². The number of fused-ring (bicyclic) bond motifs is 1. The Morgan fingerprint density at radius 2 is 1.74 bits per heavy atom. The summed E-state index contributed by atoms with van der Waals surface area (Å²) in [7, 11) is -4.16. The molecule has 2 heterocycles. The van der Waals surface area contributed by atoms with E-state index in [-0.39, 0.29) is 16.8 Å². The molecule has 2 aliphatic heterocycles. The topological polar surface area (TPSA) is 104 Å². The zero-order chi connectivity index (χ0) is 25.3. The highest BCUT2D eigenvalue weighted by molar-refractivity contribution is 7.89. The first-order chi connectivity index (χ1) is 16.6. The molecule has 0 saturated carbocycles. The van der Waals surface area contributed by atoms with E-state index in [2.05, 4.69) is 18.7 Å². The minimum absolute atomic E-state index is 0.0173. The third-order valence-corrected chi connectivity index (χ3v) is 9.24. The minimum Gasteiger partial charge on any atom is -0.369 e. The van der Waals surface area contributed by atoms with Crippen molar-refractivity contribution in [2.45, 2.75) is 62.6 Å². The Bertz CT molecular complexity index is 1210. The van der Waals surface area contributed by atoms with Gasteiger partial charge in [-0.2, -0.15) is 4.31 Å². The van der Waals surface area contributed by atoms with Crippen LogP contribution in [0, 0.1) is 0 Å². The average Bonchev–Trinajstić information content (AvgIpc) is 2.82. The van der Waals surface area contributed by atoms with Crippen molar-refractivity contribution in [3.05, 3.63) is 41.4 Å². The van der Waals surface area contributed by atoms with Gasteiger partial charge in [-0.25, -0.2) is 8.42 Å². The molecule has 2 saturated heterocycles. The molecular weight excluding hydrogens is 488 g/mol. The van der Waals surface area contributed by atoms with Crippen LogP contribution in [0.15, 0.2) is 41.3 Å². The lowest BCUT2D eigenvalue weighted by atomic mass is 9.96. The second-order valence-electron chi connectivity index (χ2n) is 9.72. The lowest BCUT2D eigenvalue weighted by Gasteiger charge is -2.44. The smallest absolute Gasteiger partial charge is 0.244 e. The normalized spacial score (nSPS) is 20.8. The third kappa shape index (κ3) is 5.48. The monoisotopic (exact) mass is 520 g/mol. The molecule has 8 nitrogen and oxygen atoms in total. The molecule has 2 fully saturated rings. The first-order valence-electron chi connectivity index (χ1n) is 12.1. The van der Waals surface area contributed by atoms with Gasteiger partial charge in [-0.05, 0) is 74.6 Å². The van der Waals surface area contributed by atoms with Gasteiger partial charge in [-0.3, -0.25) is 9.59 Å². The van der Waals surface area contributed by atoms with Crippen LogP contribution in [0.4, 0.5) is 0 Å². The predicted octanol–water partition coefficient (Wildman–Crippen LogP) is 2.83. The fraction of sp³-hybridized carbons (Fsp3) is 0.520. The molecular formula is C25H33ClN4O4S. The van der Waals surface area contributed by atoms with E-state index in [0.29, 0.717) is 35.8 Å². The van der Waals surface area contributed by atoms with Crippen LogP contribution in [0.2, 0.25) is 5.02 Å². The zero-order valence-corrected chi connectivity index (χ0v) is 21.8.